The normalized spacial score (nSPS) is 10.6. The van der Waals surface area contributed by atoms with Gasteiger partial charge in [0.15, 0.2) is 6.61 Å². The Balaban J connectivity index is 1.62. The molecule has 3 rings (SSSR count). The molecule has 0 saturated heterocycles. The highest BCUT2D eigenvalue weighted by Gasteiger charge is 2.13. The van der Waals surface area contributed by atoms with Gasteiger partial charge >= 0.3 is 11.7 Å². The molecule has 0 atom stereocenters. The zero-order chi connectivity index (χ0) is 18.0. The van der Waals surface area contributed by atoms with Gasteiger partial charge in [0.2, 0.25) is 0 Å². The molecule has 0 aliphatic heterocycles. The van der Waals surface area contributed by atoms with Gasteiger partial charge in [-0.25, -0.2) is 9.59 Å². The Morgan fingerprint density at radius 1 is 1.08 bits per heavy atom. The number of benzene rings is 2. The predicted octanol–water partition coefficient (Wildman–Crippen LogP) is 2.27. The number of hydrogen-bond donors (Lipinski definition) is 3. The van der Waals surface area contributed by atoms with Crippen LogP contribution < -0.4 is 11.0 Å². The predicted molar refractivity (Wildman–Crippen MR) is 93.7 cm³/mol. The smallest absolute Gasteiger partial charge is 0.338 e. The molecule has 0 saturated carbocycles. The van der Waals surface area contributed by atoms with Gasteiger partial charge in [-0.1, -0.05) is 12.1 Å². The van der Waals surface area contributed by atoms with Crippen molar-refractivity contribution in [1.29, 1.82) is 0 Å². The van der Waals surface area contributed by atoms with Crippen molar-refractivity contribution in [2.75, 3.05) is 11.9 Å². The van der Waals surface area contributed by atoms with Crippen molar-refractivity contribution in [3.05, 3.63) is 63.6 Å². The summed E-state index contributed by atoms with van der Waals surface area (Å²) in [6, 6.07) is 10.3. The van der Waals surface area contributed by atoms with Gasteiger partial charge in [-0.05, 0) is 49.2 Å². The number of aromatic nitrogens is 2. The fourth-order valence-corrected chi connectivity index (χ4v) is 2.49. The standard InChI is InChI=1S/C18H17N3O4/c1-10-4-3-5-13(11(10)2)17(23)25-9-16(22)19-12-6-7-14-15(8-12)21-18(24)20-14/h3-8H,9H2,1-2H3,(H,19,22)(H2,20,21,24). The van der Waals surface area contributed by atoms with Gasteiger partial charge in [-0.3, -0.25) is 4.79 Å². The van der Waals surface area contributed by atoms with Crippen LogP contribution in [-0.2, 0) is 9.53 Å². The van der Waals surface area contributed by atoms with E-state index in [1.54, 1.807) is 30.3 Å². The number of anilines is 1. The Labute approximate surface area is 143 Å². The molecule has 7 heteroatoms. The summed E-state index contributed by atoms with van der Waals surface area (Å²) in [4.78, 5) is 40.5. The summed E-state index contributed by atoms with van der Waals surface area (Å²) in [5.74, 6) is -1.00. The maximum absolute atomic E-state index is 12.1. The molecule has 2 aromatic carbocycles. The lowest BCUT2D eigenvalue weighted by molar-refractivity contribution is -0.119. The Morgan fingerprint density at radius 3 is 2.64 bits per heavy atom. The second-order valence-electron chi connectivity index (χ2n) is 5.71. The third kappa shape index (κ3) is 3.60. The molecule has 1 heterocycles. The average molecular weight is 339 g/mol. The highest BCUT2D eigenvalue weighted by molar-refractivity contribution is 5.97. The maximum atomic E-state index is 12.1. The van der Waals surface area contributed by atoms with Gasteiger partial charge in [0.05, 0.1) is 16.6 Å². The minimum Gasteiger partial charge on any atom is -0.452 e. The Hall–Kier alpha value is -3.35. The largest absolute Gasteiger partial charge is 0.452 e. The van der Waals surface area contributed by atoms with Gasteiger partial charge < -0.3 is 20.0 Å². The topological polar surface area (TPSA) is 104 Å². The van der Waals surface area contributed by atoms with E-state index in [0.717, 1.165) is 11.1 Å². The molecule has 128 valence electrons. The van der Waals surface area contributed by atoms with Crippen molar-refractivity contribution in [3.63, 3.8) is 0 Å². The molecule has 0 spiro atoms. The van der Waals surface area contributed by atoms with Crippen LogP contribution in [0.15, 0.2) is 41.2 Å². The number of carbonyl (C=O) groups excluding carboxylic acids is 2. The number of H-pyrrole nitrogens is 2. The average Bonchev–Trinajstić information content (AvgIpc) is 2.94. The minimum absolute atomic E-state index is 0.319. The van der Waals surface area contributed by atoms with Crippen molar-refractivity contribution in [2.24, 2.45) is 0 Å². The van der Waals surface area contributed by atoms with Crippen LogP contribution in [0.3, 0.4) is 0 Å². The summed E-state index contributed by atoms with van der Waals surface area (Å²) < 4.78 is 5.07. The van der Waals surface area contributed by atoms with Crippen LogP contribution in [0.25, 0.3) is 11.0 Å². The number of hydrogen-bond acceptors (Lipinski definition) is 4. The van der Waals surface area contributed by atoms with Crippen LogP contribution in [0.4, 0.5) is 5.69 Å². The SMILES string of the molecule is Cc1cccc(C(=O)OCC(=O)Nc2ccc3[nH]c(=O)[nH]c3c2)c1C. The van der Waals surface area contributed by atoms with Crippen molar-refractivity contribution < 1.29 is 14.3 Å². The number of nitrogens with one attached hydrogen (secondary N) is 3. The highest BCUT2D eigenvalue weighted by atomic mass is 16.5. The molecule has 0 bridgehead atoms. The van der Waals surface area contributed by atoms with E-state index in [0.29, 0.717) is 22.3 Å². The van der Waals surface area contributed by atoms with E-state index < -0.39 is 18.5 Å². The van der Waals surface area contributed by atoms with Crippen LogP contribution >= 0.6 is 0 Å². The van der Waals surface area contributed by atoms with Crippen LogP contribution in [-0.4, -0.2) is 28.5 Å². The fourth-order valence-electron chi connectivity index (χ4n) is 2.49. The van der Waals surface area contributed by atoms with Crippen molar-refractivity contribution in [2.45, 2.75) is 13.8 Å². The van der Waals surface area contributed by atoms with Gasteiger partial charge in [0, 0.05) is 5.69 Å². The quantitative estimate of drug-likeness (QED) is 0.634. The summed E-state index contributed by atoms with van der Waals surface area (Å²) in [5.41, 5.74) is 3.65. The molecule has 3 aromatic rings. The first kappa shape index (κ1) is 16.5. The monoisotopic (exact) mass is 339 g/mol. The van der Waals surface area contributed by atoms with E-state index in [4.69, 9.17) is 4.74 Å². The van der Waals surface area contributed by atoms with Crippen LogP contribution in [0.2, 0.25) is 0 Å². The van der Waals surface area contributed by atoms with Crippen molar-refractivity contribution in [3.8, 4) is 0 Å². The molecule has 1 aromatic heterocycles. The number of ether oxygens (including phenoxy) is 1. The summed E-state index contributed by atoms with van der Waals surface area (Å²) in [7, 11) is 0. The van der Waals surface area contributed by atoms with Crippen LogP contribution in [0, 0.1) is 13.8 Å². The first-order valence-corrected chi connectivity index (χ1v) is 7.69. The maximum Gasteiger partial charge on any atom is 0.338 e. The van der Waals surface area contributed by atoms with E-state index in [-0.39, 0.29) is 5.69 Å². The molecule has 3 N–H and O–H groups in total. The summed E-state index contributed by atoms with van der Waals surface area (Å²) in [6.45, 7) is 3.34. The molecule has 25 heavy (non-hydrogen) atoms. The number of amides is 1. The van der Waals surface area contributed by atoms with E-state index in [2.05, 4.69) is 15.3 Å². The number of fused-ring (bicyclic) bond motifs is 1. The number of rotatable bonds is 4. The summed E-state index contributed by atoms with van der Waals surface area (Å²) in [5, 5.41) is 2.62. The Bertz CT molecular complexity index is 1020. The van der Waals surface area contributed by atoms with Crippen molar-refractivity contribution >= 4 is 28.6 Å². The van der Waals surface area contributed by atoms with Gasteiger partial charge in [-0.2, -0.15) is 0 Å². The second kappa shape index (κ2) is 6.64. The molecular weight excluding hydrogens is 322 g/mol. The van der Waals surface area contributed by atoms with Gasteiger partial charge in [0.25, 0.3) is 5.91 Å². The van der Waals surface area contributed by atoms with Crippen molar-refractivity contribution in [1.82, 2.24) is 9.97 Å². The fraction of sp³-hybridized carbons (Fsp3) is 0.167. The third-order valence-corrected chi connectivity index (χ3v) is 3.96. The van der Waals surface area contributed by atoms with E-state index >= 15 is 0 Å². The molecule has 0 aliphatic rings. The minimum atomic E-state index is -0.540. The number of aromatic amines is 2. The number of carbonyl (C=O) groups is 2. The zero-order valence-electron chi connectivity index (χ0n) is 13.8. The third-order valence-electron chi connectivity index (χ3n) is 3.96. The molecular formula is C18H17N3O4. The Morgan fingerprint density at radius 2 is 1.84 bits per heavy atom. The van der Waals surface area contributed by atoms with Crippen LogP contribution in [0.1, 0.15) is 21.5 Å². The number of aryl methyl sites for hydroxylation is 1. The lowest BCUT2D eigenvalue weighted by atomic mass is 10.0. The highest BCUT2D eigenvalue weighted by Crippen LogP contribution is 2.15. The van der Waals surface area contributed by atoms with E-state index in [1.807, 2.05) is 19.9 Å². The molecule has 0 radical (unpaired) electrons. The van der Waals surface area contributed by atoms with E-state index in [9.17, 15) is 14.4 Å². The lowest BCUT2D eigenvalue weighted by Crippen LogP contribution is -2.21. The van der Waals surface area contributed by atoms with Gasteiger partial charge in [0.1, 0.15) is 0 Å². The first-order chi connectivity index (χ1) is 11.9. The number of imidazole rings is 1. The zero-order valence-corrected chi connectivity index (χ0v) is 13.8. The Kier molecular flexibility index (Phi) is 4.38. The summed E-state index contributed by atoms with van der Waals surface area (Å²) in [6.07, 6.45) is 0. The molecule has 7 nitrogen and oxygen atoms in total. The van der Waals surface area contributed by atoms with Crippen LogP contribution in [0.5, 0.6) is 0 Å². The molecule has 0 aliphatic carbocycles. The molecule has 0 fully saturated rings. The molecule has 0 unspecified atom stereocenters. The second-order valence-corrected chi connectivity index (χ2v) is 5.71. The van der Waals surface area contributed by atoms with Gasteiger partial charge in [-0.15, -0.1) is 0 Å². The number of esters is 1. The first-order valence-electron chi connectivity index (χ1n) is 7.69. The lowest BCUT2D eigenvalue weighted by Gasteiger charge is -2.09. The molecule has 1 amide bonds. The summed E-state index contributed by atoms with van der Waals surface area (Å²) >= 11 is 0. The van der Waals surface area contributed by atoms with E-state index in [1.165, 1.54) is 0 Å².